The van der Waals surface area contributed by atoms with Crippen LogP contribution >= 0.6 is 24.0 Å². The summed E-state index contributed by atoms with van der Waals surface area (Å²) in [5.74, 6) is 2.26. The highest BCUT2D eigenvalue weighted by atomic mass is 32.2. The van der Waals surface area contributed by atoms with E-state index in [2.05, 4.69) is 0 Å². The molecule has 5 nitrogen and oxygen atoms in total. The molecule has 34 heavy (non-hydrogen) atoms. The molecule has 0 radical (unpaired) electrons. The summed E-state index contributed by atoms with van der Waals surface area (Å²) in [5.41, 5.74) is 1.98. The predicted octanol–water partition coefficient (Wildman–Crippen LogP) is 5.94. The Hall–Kier alpha value is -3.29. The van der Waals surface area contributed by atoms with Crippen molar-refractivity contribution in [1.29, 1.82) is 0 Å². The molecule has 1 fully saturated rings. The number of nitrogens with zero attached hydrogens (tertiary/aromatic N) is 1. The van der Waals surface area contributed by atoms with Gasteiger partial charge in [0.15, 0.2) is 0 Å². The third-order valence-corrected chi connectivity index (χ3v) is 6.48. The van der Waals surface area contributed by atoms with Crippen molar-refractivity contribution in [3.8, 4) is 17.2 Å². The summed E-state index contributed by atoms with van der Waals surface area (Å²) >= 11 is 6.77. The van der Waals surface area contributed by atoms with Crippen LogP contribution in [0.4, 0.5) is 0 Å². The lowest BCUT2D eigenvalue weighted by Crippen LogP contribution is -2.27. The quantitative estimate of drug-likeness (QED) is 0.199. The van der Waals surface area contributed by atoms with E-state index in [1.165, 1.54) is 11.8 Å². The predicted molar refractivity (Wildman–Crippen MR) is 140 cm³/mol. The highest BCUT2D eigenvalue weighted by Crippen LogP contribution is 2.33. The summed E-state index contributed by atoms with van der Waals surface area (Å²) in [5, 5.41) is 0. The molecule has 0 aromatic heterocycles. The lowest BCUT2D eigenvalue weighted by molar-refractivity contribution is -0.122. The van der Waals surface area contributed by atoms with E-state index in [4.69, 9.17) is 26.4 Å². The first kappa shape index (κ1) is 23.9. The summed E-state index contributed by atoms with van der Waals surface area (Å²) < 4.78 is 17.3. The van der Waals surface area contributed by atoms with Gasteiger partial charge in [-0.05, 0) is 41.5 Å². The van der Waals surface area contributed by atoms with Crippen LogP contribution in [0.3, 0.4) is 0 Å². The van der Waals surface area contributed by atoms with Crippen LogP contribution in [-0.4, -0.2) is 35.5 Å². The first-order valence-electron chi connectivity index (χ1n) is 10.9. The van der Waals surface area contributed by atoms with Gasteiger partial charge >= 0.3 is 0 Å². The van der Waals surface area contributed by atoms with Crippen LogP contribution in [0, 0.1) is 0 Å². The first-order chi connectivity index (χ1) is 16.6. The second-order valence-corrected chi connectivity index (χ2v) is 9.23. The molecular formula is C27H25NO4S2. The lowest BCUT2D eigenvalue weighted by atomic mass is 10.2. The average molecular weight is 492 g/mol. The molecule has 1 heterocycles. The minimum absolute atomic E-state index is 0.0600. The summed E-state index contributed by atoms with van der Waals surface area (Å²) in [6, 6.07) is 25.1. The van der Waals surface area contributed by atoms with Crippen molar-refractivity contribution in [3.05, 3.63) is 94.9 Å². The third kappa shape index (κ3) is 6.40. The fourth-order valence-electron chi connectivity index (χ4n) is 3.34. The molecular weight excluding hydrogens is 466 g/mol. The molecule has 1 aliphatic heterocycles. The van der Waals surface area contributed by atoms with E-state index >= 15 is 0 Å². The number of thioether (sulfide) groups is 1. The molecule has 174 valence electrons. The van der Waals surface area contributed by atoms with Gasteiger partial charge in [0.2, 0.25) is 0 Å². The molecule has 3 aromatic carbocycles. The maximum absolute atomic E-state index is 12.8. The van der Waals surface area contributed by atoms with Gasteiger partial charge in [-0.2, -0.15) is 0 Å². The molecule has 4 rings (SSSR count). The SMILES string of the molecule is COc1cccc(OCCCOc2ccc(/C=C3/SC(=S)N(Cc4ccccc4)C3=O)cc2)c1. The van der Waals surface area contributed by atoms with Gasteiger partial charge < -0.3 is 14.2 Å². The minimum atomic E-state index is -0.0600. The zero-order valence-electron chi connectivity index (χ0n) is 18.8. The van der Waals surface area contributed by atoms with E-state index in [9.17, 15) is 4.79 Å². The van der Waals surface area contributed by atoms with Crippen LogP contribution in [0.15, 0.2) is 83.8 Å². The van der Waals surface area contributed by atoms with E-state index in [-0.39, 0.29) is 5.91 Å². The lowest BCUT2D eigenvalue weighted by Gasteiger charge is -2.14. The summed E-state index contributed by atoms with van der Waals surface area (Å²) in [4.78, 5) is 15.1. The number of hydrogen-bond donors (Lipinski definition) is 0. The monoisotopic (exact) mass is 491 g/mol. The van der Waals surface area contributed by atoms with E-state index < -0.39 is 0 Å². The molecule has 0 N–H and O–H groups in total. The molecule has 0 bridgehead atoms. The smallest absolute Gasteiger partial charge is 0.266 e. The van der Waals surface area contributed by atoms with Gasteiger partial charge in [-0.15, -0.1) is 0 Å². The highest BCUT2D eigenvalue weighted by molar-refractivity contribution is 8.26. The van der Waals surface area contributed by atoms with Crippen molar-refractivity contribution in [2.24, 2.45) is 0 Å². The van der Waals surface area contributed by atoms with Crippen molar-refractivity contribution in [2.75, 3.05) is 20.3 Å². The summed E-state index contributed by atoms with van der Waals surface area (Å²) in [7, 11) is 1.63. The van der Waals surface area contributed by atoms with Gasteiger partial charge in [0, 0.05) is 12.5 Å². The standard InChI is InChI=1S/C27H25NO4S2/c1-30-23-9-5-10-24(18-23)32-16-6-15-31-22-13-11-20(12-14-22)17-25-26(29)28(27(33)34-25)19-21-7-3-2-4-8-21/h2-5,7-14,17-18H,6,15-16,19H2,1H3/b25-17+. The molecule has 1 amide bonds. The van der Waals surface area contributed by atoms with Crippen molar-refractivity contribution < 1.29 is 19.0 Å². The second kappa shape index (κ2) is 11.7. The zero-order chi connectivity index (χ0) is 23.8. The van der Waals surface area contributed by atoms with Crippen LogP contribution in [-0.2, 0) is 11.3 Å². The number of thiocarbonyl (C=S) groups is 1. The van der Waals surface area contributed by atoms with Gasteiger partial charge in [-0.1, -0.05) is 72.5 Å². The fraction of sp³-hybridized carbons (Fsp3) is 0.185. The van der Waals surface area contributed by atoms with E-state index in [0.717, 1.165) is 34.8 Å². The van der Waals surface area contributed by atoms with Crippen LogP contribution < -0.4 is 14.2 Å². The van der Waals surface area contributed by atoms with Crippen molar-refractivity contribution in [2.45, 2.75) is 13.0 Å². The Morgan fingerprint density at radius 3 is 2.32 bits per heavy atom. The molecule has 0 aliphatic carbocycles. The molecule has 0 atom stereocenters. The van der Waals surface area contributed by atoms with E-state index in [1.807, 2.05) is 84.9 Å². The van der Waals surface area contributed by atoms with Crippen LogP contribution in [0.1, 0.15) is 17.5 Å². The normalized spacial score (nSPS) is 14.5. The summed E-state index contributed by atoms with van der Waals surface area (Å²) in [6.45, 7) is 1.58. The number of methoxy groups -OCH3 is 1. The number of carbonyl (C=O) groups excluding carboxylic acids is 1. The van der Waals surface area contributed by atoms with Crippen LogP contribution in [0.25, 0.3) is 6.08 Å². The Labute approximate surface area is 209 Å². The van der Waals surface area contributed by atoms with Gasteiger partial charge in [0.05, 0.1) is 31.8 Å². The minimum Gasteiger partial charge on any atom is -0.497 e. The molecule has 1 aliphatic rings. The van der Waals surface area contributed by atoms with Crippen molar-refractivity contribution in [1.82, 2.24) is 4.90 Å². The second-order valence-electron chi connectivity index (χ2n) is 7.55. The number of hydrogen-bond acceptors (Lipinski definition) is 6. The topological polar surface area (TPSA) is 48.0 Å². The van der Waals surface area contributed by atoms with Gasteiger partial charge in [0.1, 0.15) is 21.6 Å². The molecule has 0 saturated carbocycles. The number of rotatable bonds is 10. The summed E-state index contributed by atoms with van der Waals surface area (Å²) in [6.07, 6.45) is 2.62. The molecule has 0 spiro atoms. The molecule has 0 unspecified atom stereocenters. The number of amides is 1. The fourth-order valence-corrected chi connectivity index (χ4v) is 4.60. The van der Waals surface area contributed by atoms with Crippen molar-refractivity contribution >= 4 is 40.3 Å². The molecule has 3 aromatic rings. The van der Waals surface area contributed by atoms with Gasteiger partial charge in [-0.25, -0.2) is 0 Å². The number of benzene rings is 3. The number of carbonyl (C=O) groups is 1. The first-order valence-corrected chi connectivity index (χ1v) is 12.1. The zero-order valence-corrected chi connectivity index (χ0v) is 20.4. The molecule has 7 heteroatoms. The van der Waals surface area contributed by atoms with Crippen LogP contribution in [0.2, 0.25) is 0 Å². The number of ether oxygens (including phenoxy) is 3. The van der Waals surface area contributed by atoms with Crippen molar-refractivity contribution in [3.63, 3.8) is 0 Å². The molecule has 1 saturated heterocycles. The Bertz CT molecular complexity index is 1160. The largest absolute Gasteiger partial charge is 0.497 e. The van der Waals surface area contributed by atoms with Crippen LogP contribution in [0.5, 0.6) is 17.2 Å². The Morgan fingerprint density at radius 1 is 0.882 bits per heavy atom. The van der Waals surface area contributed by atoms with Gasteiger partial charge in [-0.3, -0.25) is 9.69 Å². The average Bonchev–Trinajstić information content (AvgIpc) is 3.13. The Morgan fingerprint density at radius 2 is 1.59 bits per heavy atom. The Balaban J connectivity index is 1.25. The maximum Gasteiger partial charge on any atom is 0.266 e. The highest BCUT2D eigenvalue weighted by Gasteiger charge is 2.31. The maximum atomic E-state index is 12.8. The van der Waals surface area contributed by atoms with E-state index in [0.29, 0.717) is 29.0 Å². The van der Waals surface area contributed by atoms with Gasteiger partial charge in [0.25, 0.3) is 5.91 Å². The Kier molecular flexibility index (Phi) is 8.22. The third-order valence-electron chi connectivity index (χ3n) is 5.10. The van der Waals surface area contributed by atoms with E-state index in [1.54, 1.807) is 12.0 Å².